The van der Waals surface area contributed by atoms with Gasteiger partial charge in [0, 0.05) is 28.6 Å². The number of benzene rings is 2. The topological polar surface area (TPSA) is 55.2 Å². The summed E-state index contributed by atoms with van der Waals surface area (Å²) in [6.45, 7) is 0.198. The molecule has 0 fully saturated rings. The van der Waals surface area contributed by atoms with Crippen molar-refractivity contribution in [3.05, 3.63) is 69.3 Å². The Morgan fingerprint density at radius 1 is 1.24 bits per heavy atom. The third-order valence-corrected chi connectivity index (χ3v) is 4.09. The molecule has 3 rings (SSSR count). The van der Waals surface area contributed by atoms with E-state index in [9.17, 15) is 14.5 Å². The molecule has 0 radical (unpaired) electrons. The number of nitro groups is 1. The minimum absolute atomic E-state index is 0.198. The summed E-state index contributed by atoms with van der Waals surface area (Å²) in [7, 11) is 0. The molecule has 0 aliphatic rings. The quantitative estimate of drug-likeness (QED) is 0.567. The molecule has 1 heterocycles. The van der Waals surface area contributed by atoms with Crippen LogP contribution >= 0.6 is 11.3 Å². The smallest absolute Gasteiger partial charge is 0.305 e. The van der Waals surface area contributed by atoms with Crippen molar-refractivity contribution in [1.29, 1.82) is 0 Å². The highest BCUT2D eigenvalue weighted by atomic mass is 32.1. The van der Waals surface area contributed by atoms with E-state index in [2.05, 4.69) is 5.32 Å². The van der Waals surface area contributed by atoms with Gasteiger partial charge in [-0.25, -0.2) is 0 Å². The predicted octanol–water partition coefficient (Wildman–Crippen LogP) is 4.56. The second-order valence-corrected chi connectivity index (χ2v) is 5.48. The summed E-state index contributed by atoms with van der Waals surface area (Å²) < 4.78 is 15.1. The Kier molecular flexibility index (Phi) is 3.53. The molecule has 1 aromatic heterocycles. The number of anilines is 1. The Morgan fingerprint density at radius 2 is 2.10 bits per heavy atom. The molecule has 0 amide bonds. The van der Waals surface area contributed by atoms with Crippen LogP contribution in [0.25, 0.3) is 10.1 Å². The normalized spacial score (nSPS) is 10.7. The first-order chi connectivity index (χ1) is 10.1. The Balaban J connectivity index is 1.81. The molecule has 0 aliphatic heterocycles. The van der Waals surface area contributed by atoms with Gasteiger partial charge in [-0.05, 0) is 35.0 Å². The maximum absolute atomic E-state index is 13.9. The van der Waals surface area contributed by atoms with E-state index in [0.717, 1.165) is 17.1 Å². The molecule has 4 nitrogen and oxygen atoms in total. The average Bonchev–Trinajstić information content (AvgIpc) is 2.93. The van der Waals surface area contributed by atoms with Gasteiger partial charge in [0.1, 0.15) is 0 Å². The van der Waals surface area contributed by atoms with Gasteiger partial charge in [-0.2, -0.15) is 4.39 Å². The van der Waals surface area contributed by atoms with Gasteiger partial charge in [-0.1, -0.05) is 12.1 Å². The zero-order valence-electron chi connectivity index (χ0n) is 10.9. The predicted molar refractivity (Wildman–Crippen MR) is 82.2 cm³/mol. The Labute approximate surface area is 124 Å². The number of nitrogens with one attached hydrogen (secondary N) is 1. The van der Waals surface area contributed by atoms with Gasteiger partial charge in [0.25, 0.3) is 0 Å². The highest BCUT2D eigenvalue weighted by Gasteiger charge is 2.16. The van der Waals surface area contributed by atoms with Crippen LogP contribution < -0.4 is 5.32 Å². The maximum Gasteiger partial charge on any atom is 0.305 e. The molecule has 1 N–H and O–H groups in total. The van der Waals surface area contributed by atoms with E-state index in [0.29, 0.717) is 0 Å². The zero-order chi connectivity index (χ0) is 14.8. The lowest BCUT2D eigenvalue weighted by molar-refractivity contribution is -0.387. The van der Waals surface area contributed by atoms with Crippen LogP contribution in [0.5, 0.6) is 0 Å². The lowest BCUT2D eigenvalue weighted by Crippen LogP contribution is -2.03. The molecule has 0 spiro atoms. The Bertz CT molecular complexity index is 816. The van der Waals surface area contributed by atoms with Gasteiger partial charge in [0.05, 0.1) is 4.92 Å². The molecule has 3 aromatic rings. The van der Waals surface area contributed by atoms with Gasteiger partial charge < -0.3 is 5.32 Å². The van der Waals surface area contributed by atoms with E-state index < -0.39 is 16.4 Å². The highest BCUT2D eigenvalue weighted by molar-refractivity contribution is 7.17. The lowest BCUT2D eigenvalue weighted by Gasteiger charge is -2.07. The number of nitrogens with zero attached hydrogens (tertiary/aromatic N) is 1. The van der Waals surface area contributed by atoms with Gasteiger partial charge in [-0.3, -0.25) is 10.1 Å². The van der Waals surface area contributed by atoms with Crippen LogP contribution in [0.1, 0.15) is 5.56 Å². The average molecular weight is 302 g/mol. The zero-order valence-corrected chi connectivity index (χ0v) is 11.7. The molecule has 6 heteroatoms. The molecule has 21 heavy (non-hydrogen) atoms. The third-order valence-electron chi connectivity index (χ3n) is 3.19. The molecule has 0 atom stereocenters. The number of rotatable bonds is 4. The van der Waals surface area contributed by atoms with Crippen molar-refractivity contribution in [3.8, 4) is 0 Å². The minimum atomic E-state index is -0.786. The van der Waals surface area contributed by atoms with E-state index in [4.69, 9.17) is 0 Å². The van der Waals surface area contributed by atoms with Crippen LogP contribution in [0.3, 0.4) is 0 Å². The third kappa shape index (κ3) is 2.71. The SMILES string of the molecule is O=[N+]([O-])c1cccc(CNc2ccc3sccc3c2)c1F. The van der Waals surface area contributed by atoms with Crippen LogP contribution in [-0.4, -0.2) is 4.92 Å². The molecular formula is C15H11FN2O2S. The minimum Gasteiger partial charge on any atom is -0.381 e. The molecule has 106 valence electrons. The van der Waals surface area contributed by atoms with Crippen molar-refractivity contribution in [2.75, 3.05) is 5.32 Å². The van der Waals surface area contributed by atoms with Crippen molar-refractivity contribution in [2.45, 2.75) is 6.54 Å². The summed E-state index contributed by atoms with van der Waals surface area (Å²) in [5, 5.41) is 16.9. The van der Waals surface area contributed by atoms with Crippen LogP contribution in [0.15, 0.2) is 47.8 Å². The molecule has 0 saturated carbocycles. The monoisotopic (exact) mass is 302 g/mol. The van der Waals surface area contributed by atoms with Crippen molar-refractivity contribution in [3.63, 3.8) is 0 Å². The summed E-state index contributed by atoms with van der Waals surface area (Å²) >= 11 is 1.66. The fourth-order valence-electron chi connectivity index (χ4n) is 2.12. The van der Waals surface area contributed by atoms with Crippen LogP contribution in [0.4, 0.5) is 15.8 Å². The molecule has 2 aromatic carbocycles. The summed E-state index contributed by atoms with van der Waals surface area (Å²) in [6.07, 6.45) is 0. The first-order valence-electron chi connectivity index (χ1n) is 6.28. The van der Waals surface area contributed by atoms with Gasteiger partial charge in [-0.15, -0.1) is 11.3 Å². The molecule has 0 aliphatic carbocycles. The molecule has 0 unspecified atom stereocenters. The number of halogens is 1. The highest BCUT2D eigenvalue weighted by Crippen LogP contribution is 2.25. The van der Waals surface area contributed by atoms with Gasteiger partial charge in [0.2, 0.25) is 5.82 Å². The van der Waals surface area contributed by atoms with Gasteiger partial charge in [0.15, 0.2) is 0 Å². The fraction of sp³-hybridized carbons (Fsp3) is 0.0667. The Hall–Kier alpha value is -2.47. The molecule has 0 saturated heterocycles. The van der Waals surface area contributed by atoms with E-state index >= 15 is 0 Å². The Morgan fingerprint density at radius 3 is 2.90 bits per heavy atom. The second kappa shape index (κ2) is 5.49. The number of thiophene rings is 1. The standard InChI is InChI=1S/C15H11FN2O2S/c16-15-11(2-1-3-13(15)18(19)20)9-17-12-4-5-14-10(8-12)6-7-21-14/h1-8,17H,9H2. The van der Waals surface area contributed by atoms with Crippen LogP contribution in [0.2, 0.25) is 0 Å². The summed E-state index contributed by atoms with van der Waals surface area (Å²) in [4.78, 5) is 10.00. The summed E-state index contributed by atoms with van der Waals surface area (Å²) in [5.74, 6) is -0.786. The number of nitro benzene ring substituents is 1. The molecular weight excluding hydrogens is 291 g/mol. The fourth-order valence-corrected chi connectivity index (χ4v) is 2.89. The van der Waals surface area contributed by atoms with Crippen molar-refractivity contribution in [1.82, 2.24) is 0 Å². The van der Waals surface area contributed by atoms with Crippen molar-refractivity contribution >= 4 is 32.8 Å². The van der Waals surface area contributed by atoms with Crippen molar-refractivity contribution in [2.24, 2.45) is 0 Å². The second-order valence-electron chi connectivity index (χ2n) is 4.53. The van der Waals surface area contributed by atoms with E-state index in [1.54, 1.807) is 17.4 Å². The summed E-state index contributed by atoms with van der Waals surface area (Å²) in [6, 6.07) is 12.1. The van der Waals surface area contributed by atoms with Gasteiger partial charge >= 0.3 is 5.69 Å². The van der Waals surface area contributed by atoms with E-state index in [1.807, 2.05) is 29.6 Å². The van der Waals surface area contributed by atoms with E-state index in [-0.39, 0.29) is 12.1 Å². The number of hydrogen-bond acceptors (Lipinski definition) is 4. The first kappa shape index (κ1) is 13.5. The van der Waals surface area contributed by atoms with Crippen molar-refractivity contribution < 1.29 is 9.31 Å². The lowest BCUT2D eigenvalue weighted by atomic mass is 10.1. The molecule has 0 bridgehead atoms. The van der Waals surface area contributed by atoms with Crippen LogP contribution in [0, 0.1) is 15.9 Å². The van der Waals surface area contributed by atoms with E-state index in [1.165, 1.54) is 10.8 Å². The summed E-state index contributed by atoms with van der Waals surface area (Å²) in [5.41, 5.74) is 0.629. The first-order valence-corrected chi connectivity index (χ1v) is 7.16. The maximum atomic E-state index is 13.9. The number of fused-ring (bicyclic) bond motifs is 1. The van der Waals surface area contributed by atoms with Crippen LogP contribution in [-0.2, 0) is 6.54 Å². The largest absolute Gasteiger partial charge is 0.381 e. The number of hydrogen-bond donors (Lipinski definition) is 1.